The molecule has 7 heteroatoms. The molecule has 5 rings (SSSR count). The van der Waals surface area contributed by atoms with Gasteiger partial charge in [0.05, 0.1) is 22.5 Å². The van der Waals surface area contributed by atoms with Gasteiger partial charge in [-0.05, 0) is 49.4 Å². The van der Waals surface area contributed by atoms with Gasteiger partial charge in [0.1, 0.15) is 0 Å². The van der Waals surface area contributed by atoms with Crippen LogP contribution in [0, 0.1) is 0 Å². The Morgan fingerprint density at radius 3 is 2.73 bits per heavy atom. The lowest BCUT2D eigenvalue weighted by Gasteiger charge is -2.29. The molecule has 1 aliphatic heterocycles. The molecule has 0 saturated heterocycles. The Morgan fingerprint density at radius 2 is 1.94 bits per heavy atom. The number of nitrogens with zero attached hydrogens (tertiary/aromatic N) is 3. The first-order chi connectivity index (χ1) is 15.8. The van der Waals surface area contributed by atoms with Crippen LogP contribution < -0.4 is 5.32 Å². The summed E-state index contributed by atoms with van der Waals surface area (Å²) in [4.78, 5) is 20.2. The van der Waals surface area contributed by atoms with Crippen LogP contribution in [-0.4, -0.2) is 38.1 Å². The van der Waals surface area contributed by atoms with Crippen molar-refractivity contribution in [3.8, 4) is 11.1 Å². The van der Waals surface area contributed by atoms with E-state index < -0.39 is 6.10 Å². The highest BCUT2D eigenvalue weighted by Gasteiger charge is 2.27. The average molecular weight is 465 g/mol. The van der Waals surface area contributed by atoms with Gasteiger partial charge in [-0.1, -0.05) is 41.9 Å². The van der Waals surface area contributed by atoms with E-state index in [4.69, 9.17) is 11.6 Å². The number of imidazole rings is 1. The number of benzene rings is 2. The van der Waals surface area contributed by atoms with Crippen molar-refractivity contribution >= 4 is 23.2 Å². The number of rotatable bonds is 4. The maximum Gasteiger partial charge on any atom is 0.291 e. The topological polar surface area (TPSA) is 70.4 Å². The van der Waals surface area contributed by atoms with Crippen LogP contribution in [0.25, 0.3) is 11.1 Å². The van der Waals surface area contributed by atoms with E-state index in [0.29, 0.717) is 22.6 Å². The minimum absolute atomic E-state index is 0.268. The van der Waals surface area contributed by atoms with Crippen LogP contribution in [0.1, 0.15) is 59.5 Å². The number of anilines is 1. The van der Waals surface area contributed by atoms with E-state index in [9.17, 15) is 9.90 Å². The third-order valence-corrected chi connectivity index (χ3v) is 7.40. The number of aromatic nitrogens is 2. The van der Waals surface area contributed by atoms with Crippen LogP contribution in [0.3, 0.4) is 0 Å². The Kier molecular flexibility index (Phi) is 5.77. The predicted molar refractivity (Wildman–Crippen MR) is 131 cm³/mol. The normalized spacial score (nSPS) is 17.8. The largest absolute Gasteiger partial charge is 0.388 e. The smallest absolute Gasteiger partial charge is 0.291 e. The van der Waals surface area contributed by atoms with E-state index in [1.54, 1.807) is 0 Å². The Balaban J connectivity index is 1.44. The zero-order chi connectivity index (χ0) is 23.3. The summed E-state index contributed by atoms with van der Waals surface area (Å²) in [6.45, 7) is 6.09. The van der Waals surface area contributed by atoms with Crippen molar-refractivity contribution in [1.29, 1.82) is 0 Å². The van der Waals surface area contributed by atoms with Gasteiger partial charge in [-0.2, -0.15) is 0 Å². The fourth-order valence-electron chi connectivity index (χ4n) is 5.09. The zero-order valence-electron chi connectivity index (χ0n) is 19.2. The predicted octanol–water partition coefficient (Wildman–Crippen LogP) is 4.74. The summed E-state index contributed by atoms with van der Waals surface area (Å²) in [7, 11) is 1.91. The van der Waals surface area contributed by atoms with E-state index >= 15 is 0 Å². The van der Waals surface area contributed by atoms with Gasteiger partial charge < -0.3 is 15.0 Å². The quantitative estimate of drug-likeness (QED) is 0.585. The maximum atomic E-state index is 13.2. The van der Waals surface area contributed by atoms with E-state index in [1.807, 2.05) is 48.0 Å². The minimum atomic E-state index is -0.428. The van der Waals surface area contributed by atoms with Crippen molar-refractivity contribution < 1.29 is 9.90 Å². The second-order valence-corrected chi connectivity index (χ2v) is 9.63. The first-order valence-corrected chi connectivity index (χ1v) is 11.9. The van der Waals surface area contributed by atoms with Crippen LogP contribution in [0.5, 0.6) is 0 Å². The molecule has 172 valence electrons. The number of aliphatic hydroxyl groups is 1. The molecule has 0 radical (unpaired) electrons. The highest BCUT2D eigenvalue weighted by atomic mass is 35.5. The van der Waals surface area contributed by atoms with E-state index in [1.165, 1.54) is 0 Å². The van der Waals surface area contributed by atoms with E-state index in [0.717, 1.165) is 66.0 Å². The molecule has 1 atom stereocenters. The summed E-state index contributed by atoms with van der Waals surface area (Å²) in [6.07, 6.45) is 1.98. The Labute approximate surface area is 199 Å². The van der Waals surface area contributed by atoms with Crippen LogP contribution in [0.2, 0.25) is 5.02 Å². The van der Waals surface area contributed by atoms with Crippen LogP contribution in [-0.2, 0) is 26.4 Å². The number of hydrogen-bond donors (Lipinski definition) is 2. The maximum absolute atomic E-state index is 13.2. The molecule has 0 saturated carbocycles. The standard InChI is InChI=1S/C26H29ClN4O2/c1-15(2)31-13-12-22-21(14-31)28-25(30(22)3)26(33)29-20-9-5-8-19(24(20)27)16-6-4-7-18-17(16)10-11-23(18)32/h4-9,15,23,32H,10-14H2,1-3H3,(H,29,33). The fourth-order valence-corrected chi connectivity index (χ4v) is 5.37. The molecular weight excluding hydrogens is 436 g/mol. The minimum Gasteiger partial charge on any atom is -0.388 e. The molecular formula is C26H29ClN4O2. The second kappa shape index (κ2) is 8.60. The molecule has 1 unspecified atom stereocenters. The lowest BCUT2D eigenvalue weighted by molar-refractivity contribution is 0.101. The number of halogens is 1. The van der Waals surface area contributed by atoms with Crippen molar-refractivity contribution in [1.82, 2.24) is 14.5 Å². The molecule has 0 bridgehead atoms. The molecule has 1 aromatic heterocycles. The third-order valence-electron chi connectivity index (χ3n) is 6.99. The summed E-state index contributed by atoms with van der Waals surface area (Å²) in [6, 6.07) is 12.0. The van der Waals surface area contributed by atoms with Crippen molar-refractivity contribution in [2.45, 2.75) is 51.8 Å². The number of hydrogen-bond acceptors (Lipinski definition) is 4. The monoisotopic (exact) mass is 464 g/mol. The molecule has 33 heavy (non-hydrogen) atoms. The van der Waals surface area contributed by atoms with Gasteiger partial charge in [-0.3, -0.25) is 9.69 Å². The number of carbonyl (C=O) groups is 1. The molecule has 2 aliphatic rings. The summed E-state index contributed by atoms with van der Waals surface area (Å²) in [5.74, 6) is 0.131. The van der Waals surface area contributed by atoms with Gasteiger partial charge in [0.15, 0.2) is 5.82 Å². The van der Waals surface area contributed by atoms with Gasteiger partial charge in [0, 0.05) is 43.9 Å². The van der Waals surface area contributed by atoms with Crippen LogP contribution >= 0.6 is 11.6 Å². The molecule has 2 heterocycles. The lowest BCUT2D eigenvalue weighted by atomic mass is 9.96. The molecule has 6 nitrogen and oxygen atoms in total. The summed E-state index contributed by atoms with van der Waals surface area (Å²) < 4.78 is 1.91. The molecule has 1 aliphatic carbocycles. The third kappa shape index (κ3) is 3.86. The second-order valence-electron chi connectivity index (χ2n) is 9.25. The van der Waals surface area contributed by atoms with Crippen molar-refractivity contribution in [2.75, 3.05) is 11.9 Å². The fraction of sp³-hybridized carbons (Fsp3) is 0.385. The van der Waals surface area contributed by atoms with Crippen molar-refractivity contribution in [2.24, 2.45) is 7.05 Å². The van der Waals surface area contributed by atoms with Crippen molar-refractivity contribution in [3.05, 3.63) is 69.8 Å². The Bertz CT molecular complexity index is 1230. The summed E-state index contributed by atoms with van der Waals surface area (Å²) >= 11 is 6.80. The lowest BCUT2D eigenvalue weighted by Crippen LogP contribution is -2.36. The first-order valence-electron chi connectivity index (χ1n) is 11.5. The first kappa shape index (κ1) is 22.1. The Morgan fingerprint density at radius 1 is 1.18 bits per heavy atom. The molecule has 1 amide bonds. The van der Waals surface area contributed by atoms with Gasteiger partial charge >= 0.3 is 0 Å². The zero-order valence-corrected chi connectivity index (χ0v) is 20.0. The summed E-state index contributed by atoms with van der Waals surface area (Å²) in [5.41, 5.74) is 6.60. The average Bonchev–Trinajstić information content (AvgIpc) is 3.35. The van der Waals surface area contributed by atoms with Crippen LogP contribution in [0.15, 0.2) is 36.4 Å². The number of aliphatic hydroxyl groups excluding tert-OH is 1. The van der Waals surface area contributed by atoms with Gasteiger partial charge in [0.25, 0.3) is 5.91 Å². The molecule has 2 aromatic carbocycles. The molecule has 2 N–H and O–H groups in total. The highest BCUT2D eigenvalue weighted by molar-refractivity contribution is 6.36. The molecule has 0 fully saturated rings. The number of carbonyl (C=O) groups excluding carboxylic acids is 1. The van der Waals surface area contributed by atoms with Crippen molar-refractivity contribution in [3.63, 3.8) is 0 Å². The summed E-state index contributed by atoms with van der Waals surface area (Å²) in [5, 5.41) is 13.7. The SMILES string of the molecule is CC(C)N1CCc2c(nc(C(=O)Nc3cccc(-c4cccc5c4CCC5O)c3Cl)n2C)C1. The number of amides is 1. The number of nitrogens with one attached hydrogen (secondary N) is 1. The van der Waals surface area contributed by atoms with Crippen LogP contribution in [0.4, 0.5) is 5.69 Å². The Hall–Kier alpha value is -2.67. The van der Waals surface area contributed by atoms with Gasteiger partial charge in [-0.15, -0.1) is 0 Å². The van der Waals surface area contributed by atoms with Gasteiger partial charge in [0.2, 0.25) is 0 Å². The highest BCUT2D eigenvalue weighted by Crippen LogP contribution is 2.41. The molecule has 0 spiro atoms. The number of fused-ring (bicyclic) bond motifs is 2. The molecule has 3 aromatic rings. The van der Waals surface area contributed by atoms with Gasteiger partial charge in [-0.25, -0.2) is 4.98 Å². The van der Waals surface area contributed by atoms with E-state index in [-0.39, 0.29) is 5.91 Å². The van der Waals surface area contributed by atoms with E-state index in [2.05, 4.69) is 29.0 Å².